The van der Waals surface area contributed by atoms with Crippen molar-refractivity contribution in [2.75, 3.05) is 0 Å². The minimum atomic E-state index is -0.114. The van der Waals surface area contributed by atoms with E-state index in [1.165, 1.54) is 27.7 Å². The molecule has 0 aliphatic heterocycles. The van der Waals surface area contributed by atoms with E-state index in [1.807, 2.05) is 0 Å². The molecule has 4 nitrogen and oxygen atoms in total. The quantitative estimate of drug-likeness (QED) is 0.745. The zero-order chi connectivity index (χ0) is 18.7. The molecule has 2 aromatic carbocycles. The minimum absolute atomic E-state index is 0.0966. The van der Waals surface area contributed by atoms with E-state index in [0.29, 0.717) is 39.8 Å². The van der Waals surface area contributed by atoms with Gasteiger partial charge in [-0.25, -0.2) is 0 Å². The van der Waals surface area contributed by atoms with Gasteiger partial charge in [-0.1, -0.05) is 24.3 Å². The third-order valence-corrected chi connectivity index (χ3v) is 4.16. The van der Waals surface area contributed by atoms with Crippen LogP contribution >= 0.6 is 0 Å². The van der Waals surface area contributed by atoms with Crippen LogP contribution < -0.4 is 0 Å². The number of carbonyl (C=O) groups excluding carboxylic acids is 4. The maximum Gasteiger partial charge on any atom is 0.160 e. The van der Waals surface area contributed by atoms with Crippen LogP contribution in [0.5, 0.6) is 0 Å². The summed E-state index contributed by atoms with van der Waals surface area (Å²) >= 11 is 0. The van der Waals surface area contributed by atoms with E-state index >= 15 is 0 Å². The van der Waals surface area contributed by atoms with Gasteiger partial charge in [-0.05, 0) is 57.4 Å². The average Bonchev–Trinajstić information content (AvgIpc) is 2.54. The molecular weight excluding hydrogens is 316 g/mol. The highest BCUT2D eigenvalue weighted by atomic mass is 16.1. The van der Waals surface area contributed by atoms with Gasteiger partial charge >= 0.3 is 0 Å². The summed E-state index contributed by atoms with van der Waals surface area (Å²) in [6, 6.07) is 9.89. The highest BCUT2D eigenvalue weighted by Gasteiger charge is 2.15. The molecule has 0 heterocycles. The Kier molecular flexibility index (Phi) is 5.42. The van der Waals surface area contributed by atoms with Crippen LogP contribution in [0.3, 0.4) is 0 Å². The Morgan fingerprint density at radius 2 is 0.960 bits per heavy atom. The van der Waals surface area contributed by atoms with Gasteiger partial charge in [0.25, 0.3) is 0 Å². The van der Waals surface area contributed by atoms with Crippen LogP contribution in [-0.2, 0) is 6.42 Å². The van der Waals surface area contributed by atoms with Crippen molar-refractivity contribution in [2.45, 2.75) is 34.1 Å². The number of hydrogen-bond acceptors (Lipinski definition) is 4. The predicted octanol–water partition coefficient (Wildman–Crippen LogP) is 4.09. The second-order valence-corrected chi connectivity index (χ2v) is 6.15. The summed E-state index contributed by atoms with van der Waals surface area (Å²) in [5.41, 5.74) is 3.37. The topological polar surface area (TPSA) is 68.3 Å². The van der Waals surface area contributed by atoms with Crippen molar-refractivity contribution in [1.82, 2.24) is 0 Å². The molecule has 4 heteroatoms. The summed E-state index contributed by atoms with van der Waals surface area (Å²) in [7, 11) is 0. The van der Waals surface area contributed by atoms with Gasteiger partial charge in [0.2, 0.25) is 0 Å². The lowest BCUT2D eigenvalue weighted by Crippen LogP contribution is -2.08. The smallest absolute Gasteiger partial charge is 0.160 e. The van der Waals surface area contributed by atoms with Gasteiger partial charge in [-0.3, -0.25) is 19.2 Å². The monoisotopic (exact) mass is 336 g/mol. The Labute approximate surface area is 146 Å². The Morgan fingerprint density at radius 3 is 1.24 bits per heavy atom. The molecule has 0 saturated heterocycles. The molecule has 2 aromatic rings. The first-order chi connectivity index (χ1) is 11.7. The van der Waals surface area contributed by atoms with Gasteiger partial charge in [0.15, 0.2) is 23.1 Å². The number of Topliss-reactive ketones (excluding diaryl/α,β-unsaturated/α-hetero) is 4. The molecule has 25 heavy (non-hydrogen) atoms. The molecule has 0 atom stereocenters. The van der Waals surface area contributed by atoms with E-state index in [4.69, 9.17) is 0 Å². The van der Waals surface area contributed by atoms with Crippen LogP contribution in [0.2, 0.25) is 0 Å². The van der Waals surface area contributed by atoms with Crippen molar-refractivity contribution >= 4 is 23.1 Å². The second kappa shape index (κ2) is 7.34. The Balaban J connectivity index is 2.61. The van der Waals surface area contributed by atoms with E-state index in [0.717, 1.165) is 0 Å². The lowest BCUT2D eigenvalue weighted by molar-refractivity contribution is 0.0999. The van der Waals surface area contributed by atoms with Crippen molar-refractivity contribution in [3.05, 3.63) is 69.8 Å². The fraction of sp³-hybridized carbons (Fsp3) is 0.238. The fourth-order valence-corrected chi connectivity index (χ4v) is 2.81. The third kappa shape index (κ3) is 4.15. The van der Waals surface area contributed by atoms with E-state index in [-0.39, 0.29) is 23.1 Å². The number of ketones is 4. The van der Waals surface area contributed by atoms with Crippen LogP contribution in [0, 0.1) is 0 Å². The van der Waals surface area contributed by atoms with Crippen LogP contribution in [-0.4, -0.2) is 23.1 Å². The van der Waals surface area contributed by atoms with E-state index < -0.39 is 0 Å². The molecule has 0 radical (unpaired) electrons. The highest BCUT2D eigenvalue weighted by Crippen LogP contribution is 2.22. The first kappa shape index (κ1) is 18.5. The number of benzene rings is 2. The Morgan fingerprint density at radius 1 is 0.600 bits per heavy atom. The largest absolute Gasteiger partial charge is 0.295 e. The first-order valence-electron chi connectivity index (χ1n) is 8.00. The lowest BCUT2D eigenvalue weighted by atomic mass is 9.90. The molecule has 0 bridgehead atoms. The maximum atomic E-state index is 11.9. The molecule has 0 aromatic heterocycles. The summed E-state index contributed by atoms with van der Waals surface area (Å²) in [6.07, 6.45) is 0.298. The van der Waals surface area contributed by atoms with Gasteiger partial charge in [0.05, 0.1) is 0 Å². The maximum absolute atomic E-state index is 11.9. The molecule has 0 unspecified atom stereocenters. The summed E-state index contributed by atoms with van der Waals surface area (Å²) < 4.78 is 0. The predicted molar refractivity (Wildman–Crippen MR) is 95.7 cm³/mol. The molecular formula is C21H20O4. The second-order valence-electron chi connectivity index (χ2n) is 6.15. The molecule has 0 aliphatic rings. The van der Waals surface area contributed by atoms with Crippen molar-refractivity contribution in [2.24, 2.45) is 0 Å². The van der Waals surface area contributed by atoms with Gasteiger partial charge < -0.3 is 0 Å². The molecule has 0 fully saturated rings. The van der Waals surface area contributed by atoms with Crippen LogP contribution in [0.4, 0.5) is 0 Å². The van der Waals surface area contributed by atoms with Crippen LogP contribution in [0.15, 0.2) is 36.4 Å². The summed E-state index contributed by atoms with van der Waals surface area (Å²) in [4.78, 5) is 47.2. The van der Waals surface area contributed by atoms with Crippen molar-refractivity contribution in [3.8, 4) is 0 Å². The van der Waals surface area contributed by atoms with Crippen molar-refractivity contribution in [3.63, 3.8) is 0 Å². The Hall–Kier alpha value is -2.88. The molecule has 0 saturated carbocycles. The van der Waals surface area contributed by atoms with E-state index in [1.54, 1.807) is 36.4 Å². The standard InChI is InChI=1S/C21H20O4/c1-12(22)16-5-7-20(14(3)24)18(9-16)11-19-10-17(13(2)23)6-8-21(19)15(4)25/h5-10H,11H2,1-4H3. The number of hydrogen-bond donors (Lipinski definition) is 0. The highest BCUT2D eigenvalue weighted by molar-refractivity contribution is 6.01. The molecule has 0 amide bonds. The van der Waals surface area contributed by atoms with Crippen LogP contribution in [0.1, 0.15) is 80.3 Å². The number of carbonyl (C=O) groups is 4. The Bertz CT molecular complexity index is 817. The molecule has 0 N–H and O–H groups in total. The zero-order valence-corrected chi connectivity index (χ0v) is 14.8. The molecule has 0 aliphatic carbocycles. The van der Waals surface area contributed by atoms with Gasteiger partial charge in [0.1, 0.15) is 0 Å². The zero-order valence-electron chi connectivity index (χ0n) is 14.8. The summed E-state index contributed by atoms with van der Waals surface area (Å²) in [5.74, 6) is -0.421. The summed E-state index contributed by atoms with van der Waals surface area (Å²) in [5, 5.41) is 0. The van der Waals surface area contributed by atoms with Crippen molar-refractivity contribution in [1.29, 1.82) is 0 Å². The lowest BCUT2D eigenvalue weighted by Gasteiger charge is -2.13. The molecule has 2 rings (SSSR count). The summed E-state index contributed by atoms with van der Waals surface area (Å²) in [6.45, 7) is 5.85. The third-order valence-electron chi connectivity index (χ3n) is 4.16. The van der Waals surface area contributed by atoms with E-state index in [2.05, 4.69) is 0 Å². The van der Waals surface area contributed by atoms with Gasteiger partial charge in [0, 0.05) is 22.3 Å². The molecule has 128 valence electrons. The molecule has 0 spiro atoms. The number of rotatable bonds is 6. The van der Waals surface area contributed by atoms with Gasteiger partial charge in [-0.2, -0.15) is 0 Å². The van der Waals surface area contributed by atoms with E-state index in [9.17, 15) is 19.2 Å². The normalized spacial score (nSPS) is 10.4. The van der Waals surface area contributed by atoms with Crippen LogP contribution in [0.25, 0.3) is 0 Å². The first-order valence-corrected chi connectivity index (χ1v) is 8.00. The minimum Gasteiger partial charge on any atom is -0.295 e. The SMILES string of the molecule is CC(=O)c1ccc(C(C)=O)c(Cc2cc(C(C)=O)ccc2C(C)=O)c1. The van der Waals surface area contributed by atoms with Gasteiger partial charge in [-0.15, -0.1) is 0 Å². The fourth-order valence-electron chi connectivity index (χ4n) is 2.81. The van der Waals surface area contributed by atoms with Crippen molar-refractivity contribution < 1.29 is 19.2 Å². The average molecular weight is 336 g/mol.